The Balaban J connectivity index is 4.28. The number of carbonyl (C=O) groups excluding carboxylic acids is 2. The second-order valence-corrected chi connectivity index (χ2v) is 7.04. The van der Waals surface area contributed by atoms with Gasteiger partial charge in [-0.1, -0.05) is 0 Å². The largest absolute Gasteiger partial charge is 0.355 e. The number of unbranched alkanes of at least 4 members (excludes halogenated alkanes) is 1. The summed E-state index contributed by atoms with van der Waals surface area (Å²) in [6, 6.07) is -0.342. The molecule has 1 N–H and O–H groups in total. The average Bonchev–Trinajstić information content (AvgIpc) is 2.44. The van der Waals surface area contributed by atoms with Gasteiger partial charge >= 0.3 is 0 Å². The van der Waals surface area contributed by atoms with Gasteiger partial charge in [0.25, 0.3) is 0 Å². The van der Waals surface area contributed by atoms with E-state index in [1.807, 2.05) is 37.8 Å². The molecule has 0 aliphatic heterocycles. The van der Waals surface area contributed by atoms with E-state index in [0.29, 0.717) is 13.0 Å². The number of Topliss-reactive ketones (excluding diaryl/α,β-unsaturated/α-hetero) is 1. The number of likely N-dealkylation sites (N-methyl/N-ethyl adjacent to an activating group) is 1. The maximum absolute atomic E-state index is 12.3. The van der Waals surface area contributed by atoms with Gasteiger partial charge in [-0.2, -0.15) is 11.8 Å². The molecule has 6 heteroatoms. The second kappa shape index (κ2) is 12.9. The number of carbonyl (C=O) groups is 2. The van der Waals surface area contributed by atoms with Gasteiger partial charge in [0, 0.05) is 13.0 Å². The Bertz CT molecular complexity index is 325. The highest BCUT2D eigenvalue weighted by Crippen LogP contribution is 2.07. The molecule has 0 aromatic carbocycles. The molecule has 0 aromatic rings. The minimum absolute atomic E-state index is 0.0266. The van der Waals surface area contributed by atoms with Crippen LogP contribution in [0, 0.1) is 0 Å². The minimum Gasteiger partial charge on any atom is -0.355 e. The number of thioether (sulfide) groups is 1. The third-order valence-corrected chi connectivity index (χ3v) is 4.20. The molecule has 22 heavy (non-hydrogen) atoms. The Labute approximate surface area is 140 Å². The fraction of sp³-hybridized carbons (Fsp3) is 0.875. The van der Waals surface area contributed by atoms with E-state index in [2.05, 4.69) is 16.5 Å². The Morgan fingerprint density at radius 3 is 2.32 bits per heavy atom. The van der Waals surface area contributed by atoms with Crippen LogP contribution in [0.3, 0.4) is 0 Å². The molecule has 5 nitrogen and oxygen atoms in total. The van der Waals surface area contributed by atoms with Crippen molar-refractivity contribution in [3.8, 4) is 0 Å². The van der Waals surface area contributed by atoms with Gasteiger partial charge in [-0.05, 0) is 72.4 Å². The highest BCUT2D eigenvalue weighted by molar-refractivity contribution is 7.98. The number of rotatable bonds is 13. The highest BCUT2D eigenvalue weighted by Gasteiger charge is 2.24. The van der Waals surface area contributed by atoms with Gasteiger partial charge in [-0.25, -0.2) is 0 Å². The van der Waals surface area contributed by atoms with E-state index in [1.54, 1.807) is 6.92 Å². The van der Waals surface area contributed by atoms with Crippen LogP contribution >= 0.6 is 11.8 Å². The van der Waals surface area contributed by atoms with Gasteiger partial charge < -0.3 is 10.2 Å². The van der Waals surface area contributed by atoms with Crippen molar-refractivity contribution < 1.29 is 9.59 Å². The molecule has 1 unspecified atom stereocenters. The van der Waals surface area contributed by atoms with Crippen molar-refractivity contribution in [3.63, 3.8) is 0 Å². The molecule has 0 bridgehead atoms. The minimum atomic E-state index is -0.342. The molecule has 0 rings (SSSR count). The van der Waals surface area contributed by atoms with E-state index < -0.39 is 0 Å². The Hall–Kier alpha value is -0.590. The molecule has 0 saturated heterocycles. The fourth-order valence-corrected chi connectivity index (χ4v) is 2.70. The summed E-state index contributed by atoms with van der Waals surface area (Å²) >= 11 is 1.84. The van der Waals surface area contributed by atoms with Gasteiger partial charge in [0.2, 0.25) is 5.91 Å². The quantitative estimate of drug-likeness (QED) is 0.518. The maximum Gasteiger partial charge on any atom is 0.237 e. The molecule has 1 atom stereocenters. The number of nitrogens with one attached hydrogen (secondary N) is 1. The second-order valence-electron chi connectivity index (χ2n) is 6.05. The van der Waals surface area contributed by atoms with Crippen molar-refractivity contribution in [2.75, 3.05) is 52.8 Å². The van der Waals surface area contributed by atoms with Crippen molar-refractivity contribution >= 4 is 23.5 Å². The normalized spacial score (nSPS) is 12.7. The molecule has 130 valence electrons. The summed E-state index contributed by atoms with van der Waals surface area (Å²) < 4.78 is 0. The lowest BCUT2D eigenvalue weighted by molar-refractivity contribution is -0.129. The third kappa shape index (κ3) is 11.0. The van der Waals surface area contributed by atoms with Crippen molar-refractivity contribution in [3.05, 3.63) is 0 Å². The number of nitrogens with zero attached hydrogens (tertiary/aromatic N) is 2. The molecule has 0 aliphatic rings. The first-order valence-electron chi connectivity index (χ1n) is 7.99. The number of hydrogen-bond donors (Lipinski definition) is 1. The van der Waals surface area contributed by atoms with Crippen molar-refractivity contribution in [2.24, 2.45) is 0 Å². The lowest BCUT2D eigenvalue weighted by Crippen LogP contribution is -2.47. The van der Waals surface area contributed by atoms with Crippen LogP contribution in [0.2, 0.25) is 0 Å². The molecule has 0 aromatic heterocycles. The zero-order valence-corrected chi connectivity index (χ0v) is 15.7. The lowest BCUT2D eigenvalue weighted by atomic mass is 10.1. The predicted octanol–water partition coefficient (Wildman–Crippen LogP) is 1.48. The van der Waals surface area contributed by atoms with E-state index in [1.165, 1.54) is 0 Å². The average molecular weight is 332 g/mol. The van der Waals surface area contributed by atoms with E-state index in [0.717, 1.165) is 38.1 Å². The van der Waals surface area contributed by atoms with Crippen molar-refractivity contribution in [1.29, 1.82) is 0 Å². The van der Waals surface area contributed by atoms with Crippen LogP contribution in [-0.2, 0) is 9.59 Å². The first kappa shape index (κ1) is 21.4. The summed E-state index contributed by atoms with van der Waals surface area (Å²) in [5.41, 5.74) is 0. The van der Waals surface area contributed by atoms with Crippen LogP contribution in [-0.4, -0.2) is 80.3 Å². The summed E-state index contributed by atoms with van der Waals surface area (Å²) in [6.45, 7) is 4.01. The summed E-state index contributed by atoms with van der Waals surface area (Å²) in [4.78, 5) is 27.9. The number of ketones is 1. The van der Waals surface area contributed by atoms with Gasteiger partial charge in [-0.15, -0.1) is 0 Å². The summed E-state index contributed by atoms with van der Waals surface area (Å²) in [5, 5.41) is 2.96. The fourth-order valence-electron chi connectivity index (χ4n) is 2.21. The summed E-state index contributed by atoms with van der Waals surface area (Å²) in [5.74, 6) is 1.17. The van der Waals surface area contributed by atoms with Crippen LogP contribution < -0.4 is 5.32 Å². The third-order valence-electron chi connectivity index (χ3n) is 3.51. The molecular formula is C16H33N3O2S. The SMILES string of the molecule is CSCCCCN(C)C(CC(C)=O)C(=O)NCCCN(C)C. The van der Waals surface area contributed by atoms with Gasteiger partial charge in [0.1, 0.15) is 5.78 Å². The maximum atomic E-state index is 12.3. The first-order valence-corrected chi connectivity index (χ1v) is 9.39. The standard InChI is InChI=1S/C16H33N3O2S/c1-14(20)13-15(19(4)11-6-7-12-22-5)16(21)17-9-8-10-18(2)3/h15H,6-13H2,1-5H3,(H,17,21). The first-order chi connectivity index (χ1) is 10.4. The van der Waals surface area contributed by atoms with Gasteiger partial charge in [0.05, 0.1) is 6.04 Å². The molecule has 0 saturated carbocycles. The molecule has 0 aliphatic carbocycles. The van der Waals surface area contributed by atoms with Crippen LogP contribution in [0.25, 0.3) is 0 Å². The molecule has 1 amide bonds. The molecule has 0 spiro atoms. The molecule has 0 radical (unpaired) electrons. The zero-order chi connectivity index (χ0) is 17.0. The van der Waals surface area contributed by atoms with Gasteiger partial charge in [0.15, 0.2) is 0 Å². The van der Waals surface area contributed by atoms with Crippen molar-refractivity contribution in [2.45, 2.75) is 38.6 Å². The van der Waals surface area contributed by atoms with Crippen LogP contribution in [0.4, 0.5) is 0 Å². The molecule has 0 heterocycles. The van der Waals surface area contributed by atoms with Crippen LogP contribution in [0.15, 0.2) is 0 Å². The van der Waals surface area contributed by atoms with E-state index in [-0.39, 0.29) is 17.7 Å². The molecular weight excluding hydrogens is 298 g/mol. The van der Waals surface area contributed by atoms with E-state index in [9.17, 15) is 9.59 Å². The Morgan fingerprint density at radius 1 is 1.09 bits per heavy atom. The highest BCUT2D eigenvalue weighted by atomic mass is 32.2. The summed E-state index contributed by atoms with van der Waals surface area (Å²) in [7, 11) is 5.97. The summed E-state index contributed by atoms with van der Waals surface area (Å²) in [6.07, 6.45) is 5.51. The van der Waals surface area contributed by atoms with Crippen molar-refractivity contribution in [1.82, 2.24) is 15.1 Å². The van der Waals surface area contributed by atoms with E-state index >= 15 is 0 Å². The monoisotopic (exact) mass is 331 g/mol. The predicted molar refractivity (Wildman–Crippen MR) is 95.5 cm³/mol. The molecule has 0 fully saturated rings. The van der Waals surface area contributed by atoms with Crippen LogP contribution in [0.1, 0.15) is 32.6 Å². The number of amides is 1. The smallest absolute Gasteiger partial charge is 0.237 e. The van der Waals surface area contributed by atoms with Gasteiger partial charge in [-0.3, -0.25) is 14.5 Å². The topological polar surface area (TPSA) is 52.7 Å². The zero-order valence-electron chi connectivity index (χ0n) is 14.9. The van der Waals surface area contributed by atoms with Crippen LogP contribution in [0.5, 0.6) is 0 Å². The lowest BCUT2D eigenvalue weighted by Gasteiger charge is -2.26. The number of hydrogen-bond acceptors (Lipinski definition) is 5. The Kier molecular flexibility index (Phi) is 12.6. The Morgan fingerprint density at radius 2 is 1.77 bits per heavy atom. The van der Waals surface area contributed by atoms with E-state index in [4.69, 9.17) is 0 Å².